The first-order valence-electron chi connectivity index (χ1n) is 12.1. The van der Waals surface area contributed by atoms with E-state index in [9.17, 15) is 4.79 Å². The predicted molar refractivity (Wildman–Crippen MR) is 135 cm³/mol. The number of rotatable bonds is 12. The van der Waals surface area contributed by atoms with E-state index in [2.05, 4.69) is 30.2 Å². The number of anilines is 1. The van der Waals surface area contributed by atoms with E-state index in [0.29, 0.717) is 54.5 Å². The summed E-state index contributed by atoms with van der Waals surface area (Å²) in [5, 5.41) is 3.21. The largest absolute Gasteiger partial charge is 0.480 e. The Morgan fingerprint density at radius 1 is 1.06 bits per heavy atom. The molecule has 3 aromatic rings. The Balaban J connectivity index is 1.66. The van der Waals surface area contributed by atoms with E-state index >= 15 is 0 Å². The number of aromatic nitrogens is 5. The lowest BCUT2D eigenvalue weighted by Crippen LogP contribution is -2.39. The van der Waals surface area contributed by atoms with Crippen molar-refractivity contribution in [1.82, 2.24) is 29.4 Å². The summed E-state index contributed by atoms with van der Waals surface area (Å²) in [7, 11) is 3.01. The SMILES string of the molecule is CCCOCCn1c(=O)c(NCCN2CCOCC2)nc2ncc(-c3cnc(OC)nc3OC)cc21. The molecule has 4 rings (SSSR count). The highest BCUT2D eigenvalue weighted by molar-refractivity contribution is 5.80. The minimum absolute atomic E-state index is 0.198. The highest BCUT2D eigenvalue weighted by Gasteiger charge is 2.17. The fourth-order valence-electron chi connectivity index (χ4n) is 3.97. The summed E-state index contributed by atoms with van der Waals surface area (Å²) in [6.07, 6.45) is 4.18. The molecule has 3 aromatic heterocycles. The van der Waals surface area contributed by atoms with Crippen molar-refractivity contribution < 1.29 is 18.9 Å². The monoisotopic (exact) mass is 499 g/mol. The average molecular weight is 500 g/mol. The van der Waals surface area contributed by atoms with E-state index in [1.165, 1.54) is 14.2 Å². The lowest BCUT2D eigenvalue weighted by Gasteiger charge is -2.26. The van der Waals surface area contributed by atoms with Gasteiger partial charge in [0.15, 0.2) is 11.5 Å². The van der Waals surface area contributed by atoms with Crippen molar-refractivity contribution in [2.24, 2.45) is 0 Å². The van der Waals surface area contributed by atoms with Gasteiger partial charge in [-0.1, -0.05) is 6.92 Å². The zero-order valence-electron chi connectivity index (χ0n) is 21.0. The van der Waals surface area contributed by atoms with Gasteiger partial charge >= 0.3 is 6.01 Å². The van der Waals surface area contributed by atoms with Gasteiger partial charge in [-0.25, -0.2) is 15.0 Å². The number of methoxy groups -OCH3 is 2. The third-order valence-corrected chi connectivity index (χ3v) is 5.85. The molecule has 0 aromatic carbocycles. The molecule has 1 fully saturated rings. The Morgan fingerprint density at radius 3 is 2.64 bits per heavy atom. The third kappa shape index (κ3) is 6.07. The molecule has 0 amide bonds. The Kier molecular flexibility index (Phi) is 8.98. The highest BCUT2D eigenvalue weighted by atomic mass is 16.5. The molecular weight excluding hydrogens is 466 g/mol. The minimum Gasteiger partial charge on any atom is -0.480 e. The quantitative estimate of drug-likeness (QED) is 0.364. The molecule has 0 radical (unpaired) electrons. The highest BCUT2D eigenvalue weighted by Crippen LogP contribution is 2.29. The van der Waals surface area contributed by atoms with Crippen molar-refractivity contribution in [3.63, 3.8) is 0 Å². The molecule has 1 N–H and O–H groups in total. The van der Waals surface area contributed by atoms with Crippen LogP contribution in [0.5, 0.6) is 11.9 Å². The van der Waals surface area contributed by atoms with Gasteiger partial charge in [0.1, 0.15) is 0 Å². The van der Waals surface area contributed by atoms with Crippen LogP contribution in [0.2, 0.25) is 0 Å². The van der Waals surface area contributed by atoms with Gasteiger partial charge in [-0.2, -0.15) is 4.98 Å². The van der Waals surface area contributed by atoms with E-state index in [-0.39, 0.29) is 17.4 Å². The number of nitrogens with zero attached hydrogens (tertiary/aromatic N) is 6. The maximum atomic E-state index is 13.4. The van der Waals surface area contributed by atoms with Crippen LogP contribution in [0.25, 0.3) is 22.3 Å². The number of ether oxygens (including phenoxy) is 4. The zero-order chi connectivity index (χ0) is 25.3. The molecule has 0 bridgehead atoms. The first-order chi connectivity index (χ1) is 17.6. The number of fused-ring (bicyclic) bond motifs is 1. The molecule has 0 atom stereocenters. The van der Waals surface area contributed by atoms with Crippen molar-refractivity contribution in [3.8, 4) is 23.0 Å². The first kappa shape index (κ1) is 25.7. The fourth-order valence-corrected chi connectivity index (χ4v) is 3.97. The zero-order valence-corrected chi connectivity index (χ0v) is 21.0. The average Bonchev–Trinajstić information content (AvgIpc) is 2.92. The smallest absolute Gasteiger partial charge is 0.319 e. The predicted octanol–water partition coefficient (Wildman–Crippen LogP) is 1.44. The maximum Gasteiger partial charge on any atom is 0.319 e. The molecule has 1 saturated heterocycles. The summed E-state index contributed by atoms with van der Waals surface area (Å²) < 4.78 is 23.3. The van der Waals surface area contributed by atoms with Gasteiger partial charge in [-0.3, -0.25) is 14.3 Å². The Bertz CT molecular complexity index is 1210. The standard InChI is InChI=1S/C24H33N7O5/c1-4-10-35-13-9-31-19-14-17(18-16-27-24(34-3)29-22(18)33-2)15-26-20(19)28-21(23(31)32)25-5-6-30-7-11-36-12-8-30/h14-16H,4-13H2,1-3H3,(H,25,26,28). The van der Waals surface area contributed by atoms with Crippen LogP contribution in [0.3, 0.4) is 0 Å². The van der Waals surface area contributed by atoms with Gasteiger partial charge in [0.05, 0.1) is 45.1 Å². The van der Waals surface area contributed by atoms with Crippen LogP contribution in [0, 0.1) is 0 Å². The van der Waals surface area contributed by atoms with Crippen molar-refractivity contribution >= 4 is 17.0 Å². The van der Waals surface area contributed by atoms with Crippen molar-refractivity contribution in [2.75, 3.05) is 72.1 Å². The van der Waals surface area contributed by atoms with Crippen molar-refractivity contribution in [2.45, 2.75) is 19.9 Å². The molecule has 36 heavy (non-hydrogen) atoms. The third-order valence-electron chi connectivity index (χ3n) is 5.85. The second kappa shape index (κ2) is 12.6. The normalized spacial score (nSPS) is 14.2. The van der Waals surface area contributed by atoms with E-state index in [1.807, 2.05) is 13.0 Å². The lowest BCUT2D eigenvalue weighted by atomic mass is 10.1. The van der Waals surface area contributed by atoms with Crippen LogP contribution < -0.4 is 20.3 Å². The molecule has 12 nitrogen and oxygen atoms in total. The number of pyridine rings is 1. The molecule has 1 aliphatic rings. The van der Waals surface area contributed by atoms with Gasteiger partial charge in [0.2, 0.25) is 5.88 Å². The summed E-state index contributed by atoms with van der Waals surface area (Å²) >= 11 is 0. The second-order valence-corrected chi connectivity index (χ2v) is 8.26. The van der Waals surface area contributed by atoms with Gasteiger partial charge in [-0.05, 0) is 12.5 Å². The second-order valence-electron chi connectivity index (χ2n) is 8.26. The van der Waals surface area contributed by atoms with E-state index in [1.54, 1.807) is 17.0 Å². The van der Waals surface area contributed by atoms with Gasteiger partial charge < -0.3 is 24.3 Å². The number of hydrogen-bond donors (Lipinski definition) is 1. The number of hydrogen-bond acceptors (Lipinski definition) is 11. The molecule has 0 unspecified atom stereocenters. The van der Waals surface area contributed by atoms with Crippen molar-refractivity contribution in [1.29, 1.82) is 0 Å². The summed E-state index contributed by atoms with van der Waals surface area (Å²) in [6.45, 7) is 8.08. The van der Waals surface area contributed by atoms with Crippen LogP contribution in [-0.4, -0.2) is 96.2 Å². The van der Waals surface area contributed by atoms with E-state index < -0.39 is 0 Å². The summed E-state index contributed by atoms with van der Waals surface area (Å²) in [6, 6.07) is 2.05. The van der Waals surface area contributed by atoms with Gasteiger partial charge in [0, 0.05) is 57.3 Å². The Hall–Kier alpha value is -3.35. The molecule has 0 spiro atoms. The Labute approximate surface area is 209 Å². The van der Waals surface area contributed by atoms with Crippen LogP contribution >= 0.6 is 0 Å². The summed E-state index contributed by atoms with van der Waals surface area (Å²) in [5.41, 5.74) is 2.15. The molecule has 0 saturated carbocycles. The van der Waals surface area contributed by atoms with Crippen LogP contribution in [-0.2, 0) is 16.0 Å². The van der Waals surface area contributed by atoms with Crippen molar-refractivity contribution in [3.05, 3.63) is 28.8 Å². The first-order valence-corrected chi connectivity index (χ1v) is 12.1. The number of nitrogens with one attached hydrogen (secondary N) is 1. The van der Waals surface area contributed by atoms with Crippen LogP contribution in [0.1, 0.15) is 13.3 Å². The Morgan fingerprint density at radius 2 is 1.89 bits per heavy atom. The van der Waals surface area contributed by atoms with E-state index in [0.717, 1.165) is 39.3 Å². The maximum absolute atomic E-state index is 13.4. The summed E-state index contributed by atoms with van der Waals surface area (Å²) in [5.74, 6) is 0.620. The molecule has 4 heterocycles. The minimum atomic E-state index is -0.221. The lowest BCUT2D eigenvalue weighted by molar-refractivity contribution is 0.0398. The van der Waals surface area contributed by atoms with Crippen LogP contribution in [0.15, 0.2) is 23.3 Å². The van der Waals surface area contributed by atoms with E-state index in [4.69, 9.17) is 18.9 Å². The van der Waals surface area contributed by atoms with Gasteiger partial charge in [-0.15, -0.1) is 0 Å². The van der Waals surface area contributed by atoms with Gasteiger partial charge in [0.25, 0.3) is 5.56 Å². The summed E-state index contributed by atoms with van der Waals surface area (Å²) in [4.78, 5) is 33.3. The fraction of sp³-hybridized carbons (Fsp3) is 0.542. The molecule has 12 heteroatoms. The topological polar surface area (TPSA) is 126 Å². The molecule has 0 aliphatic carbocycles. The van der Waals surface area contributed by atoms with Crippen LogP contribution in [0.4, 0.5) is 5.82 Å². The molecule has 1 aliphatic heterocycles. The number of morpholine rings is 1. The molecule has 194 valence electrons. The molecular formula is C24H33N7O5.